The quantitative estimate of drug-likeness (QED) is 0.557. The number of carbonyl (C=O) groups is 1. The lowest BCUT2D eigenvalue weighted by molar-refractivity contribution is -0.130. The third-order valence-electron chi connectivity index (χ3n) is 2.99. The summed E-state index contributed by atoms with van der Waals surface area (Å²) in [4.78, 5) is 13.6. The first kappa shape index (κ1) is 16.5. The van der Waals surface area contributed by atoms with Gasteiger partial charge in [0.1, 0.15) is 0 Å². The summed E-state index contributed by atoms with van der Waals surface area (Å²) >= 11 is 0. The van der Waals surface area contributed by atoms with Crippen LogP contribution in [0.1, 0.15) is 66.2 Å². The number of carbonyl (C=O) groups excluding carboxylic acids is 1. The number of hydrogen-bond donors (Lipinski definition) is 0. The molecule has 0 bridgehead atoms. The number of hydrogen-bond acceptors (Lipinski definition) is 1. The van der Waals surface area contributed by atoms with Gasteiger partial charge in [0.15, 0.2) is 0 Å². The fraction of sp³-hybridized carbons (Fsp3) is 0.933. The van der Waals surface area contributed by atoms with E-state index in [2.05, 4.69) is 27.7 Å². The maximum Gasteiger partial charge on any atom is 0.222 e. The molecule has 0 unspecified atom stereocenters. The van der Waals surface area contributed by atoms with Gasteiger partial charge in [-0.05, 0) is 18.3 Å². The SMILES string of the molecule is CC(C)CCCCCCC(=O)N(C)CC(C)C. The second kappa shape index (κ2) is 9.49. The molecule has 102 valence electrons. The molecule has 0 heterocycles. The van der Waals surface area contributed by atoms with Crippen molar-refractivity contribution in [3.8, 4) is 0 Å². The van der Waals surface area contributed by atoms with Gasteiger partial charge in [-0.15, -0.1) is 0 Å². The van der Waals surface area contributed by atoms with Crippen LogP contribution in [0.2, 0.25) is 0 Å². The van der Waals surface area contributed by atoms with E-state index in [1.165, 1.54) is 25.7 Å². The van der Waals surface area contributed by atoms with Crippen LogP contribution in [0.25, 0.3) is 0 Å². The van der Waals surface area contributed by atoms with Crippen LogP contribution in [-0.4, -0.2) is 24.4 Å². The van der Waals surface area contributed by atoms with Crippen LogP contribution in [0.15, 0.2) is 0 Å². The molecular weight excluding hydrogens is 210 g/mol. The van der Waals surface area contributed by atoms with E-state index in [0.717, 1.165) is 25.3 Å². The van der Waals surface area contributed by atoms with Crippen LogP contribution in [0.5, 0.6) is 0 Å². The lowest BCUT2D eigenvalue weighted by atomic mass is 10.0. The maximum absolute atomic E-state index is 11.7. The van der Waals surface area contributed by atoms with Gasteiger partial charge in [-0.1, -0.05) is 53.4 Å². The van der Waals surface area contributed by atoms with E-state index in [9.17, 15) is 4.79 Å². The van der Waals surface area contributed by atoms with Crippen molar-refractivity contribution in [2.24, 2.45) is 11.8 Å². The van der Waals surface area contributed by atoms with Crippen molar-refractivity contribution in [3.63, 3.8) is 0 Å². The molecule has 0 rings (SSSR count). The molecule has 0 atom stereocenters. The summed E-state index contributed by atoms with van der Waals surface area (Å²) in [6.07, 6.45) is 6.90. The number of rotatable bonds is 9. The smallest absolute Gasteiger partial charge is 0.222 e. The van der Waals surface area contributed by atoms with Gasteiger partial charge in [0.25, 0.3) is 0 Å². The molecule has 0 radical (unpaired) electrons. The average molecular weight is 241 g/mol. The minimum Gasteiger partial charge on any atom is -0.346 e. The van der Waals surface area contributed by atoms with E-state index in [1.54, 1.807) is 0 Å². The number of nitrogens with zero attached hydrogens (tertiary/aromatic N) is 1. The molecule has 0 N–H and O–H groups in total. The summed E-state index contributed by atoms with van der Waals surface area (Å²) in [7, 11) is 1.92. The highest BCUT2D eigenvalue weighted by atomic mass is 16.2. The standard InChI is InChI=1S/C15H31NO/c1-13(2)10-8-6-7-9-11-15(17)16(5)12-14(3)4/h13-14H,6-12H2,1-5H3. The average Bonchev–Trinajstić information content (AvgIpc) is 2.21. The van der Waals surface area contributed by atoms with Gasteiger partial charge in [-0.2, -0.15) is 0 Å². The Hall–Kier alpha value is -0.530. The first-order valence-corrected chi connectivity index (χ1v) is 7.17. The summed E-state index contributed by atoms with van der Waals surface area (Å²) < 4.78 is 0. The van der Waals surface area contributed by atoms with Gasteiger partial charge >= 0.3 is 0 Å². The molecule has 1 amide bonds. The molecule has 0 spiro atoms. The minimum absolute atomic E-state index is 0.308. The molecule has 2 nitrogen and oxygen atoms in total. The van der Waals surface area contributed by atoms with Crippen LogP contribution in [0, 0.1) is 11.8 Å². The highest BCUT2D eigenvalue weighted by Crippen LogP contribution is 2.11. The predicted molar refractivity (Wildman–Crippen MR) is 75.0 cm³/mol. The molecule has 0 saturated carbocycles. The normalized spacial score (nSPS) is 11.2. The predicted octanol–water partition coefficient (Wildman–Crippen LogP) is 4.10. The van der Waals surface area contributed by atoms with E-state index in [1.807, 2.05) is 11.9 Å². The largest absolute Gasteiger partial charge is 0.346 e. The van der Waals surface area contributed by atoms with Crippen LogP contribution in [0.4, 0.5) is 0 Å². The van der Waals surface area contributed by atoms with Crippen LogP contribution >= 0.6 is 0 Å². The first-order valence-electron chi connectivity index (χ1n) is 7.17. The Morgan fingerprint density at radius 1 is 0.941 bits per heavy atom. The molecule has 0 saturated heterocycles. The summed E-state index contributed by atoms with van der Waals surface area (Å²) in [5.74, 6) is 1.69. The Morgan fingerprint density at radius 2 is 1.53 bits per heavy atom. The van der Waals surface area contributed by atoms with Crippen molar-refractivity contribution in [2.75, 3.05) is 13.6 Å². The summed E-state index contributed by atoms with van der Waals surface area (Å²) in [6, 6.07) is 0. The Morgan fingerprint density at radius 3 is 2.06 bits per heavy atom. The monoisotopic (exact) mass is 241 g/mol. The molecule has 0 aromatic carbocycles. The molecule has 0 aromatic heterocycles. The second-order valence-electron chi connectivity index (χ2n) is 6.01. The topological polar surface area (TPSA) is 20.3 Å². The highest BCUT2D eigenvalue weighted by Gasteiger charge is 2.09. The molecule has 0 aliphatic rings. The third kappa shape index (κ3) is 10.3. The van der Waals surface area contributed by atoms with Crippen molar-refractivity contribution in [2.45, 2.75) is 66.2 Å². The molecule has 0 aliphatic heterocycles. The fourth-order valence-corrected chi connectivity index (χ4v) is 2.02. The highest BCUT2D eigenvalue weighted by molar-refractivity contribution is 5.75. The lowest BCUT2D eigenvalue weighted by Gasteiger charge is -2.19. The van der Waals surface area contributed by atoms with Crippen LogP contribution < -0.4 is 0 Å². The van der Waals surface area contributed by atoms with Gasteiger partial charge in [0, 0.05) is 20.0 Å². The molecule has 0 fully saturated rings. The first-order chi connectivity index (χ1) is 7.93. The van der Waals surface area contributed by atoms with Crippen LogP contribution in [-0.2, 0) is 4.79 Å². The van der Waals surface area contributed by atoms with Crippen molar-refractivity contribution < 1.29 is 4.79 Å². The number of amides is 1. The van der Waals surface area contributed by atoms with Gasteiger partial charge in [0.2, 0.25) is 5.91 Å². The van der Waals surface area contributed by atoms with Crippen molar-refractivity contribution in [3.05, 3.63) is 0 Å². The Balaban J connectivity index is 3.45. The second-order valence-corrected chi connectivity index (χ2v) is 6.01. The Kier molecular flexibility index (Phi) is 9.20. The van der Waals surface area contributed by atoms with E-state index >= 15 is 0 Å². The summed E-state index contributed by atoms with van der Waals surface area (Å²) in [6.45, 7) is 9.71. The van der Waals surface area contributed by atoms with Gasteiger partial charge in [0.05, 0.1) is 0 Å². The Labute approximate surface area is 108 Å². The Bertz CT molecular complexity index is 199. The maximum atomic E-state index is 11.7. The van der Waals surface area contributed by atoms with Gasteiger partial charge in [-0.25, -0.2) is 0 Å². The summed E-state index contributed by atoms with van der Waals surface area (Å²) in [5.41, 5.74) is 0. The molecule has 17 heavy (non-hydrogen) atoms. The minimum atomic E-state index is 0.308. The molecular formula is C15H31NO. The van der Waals surface area contributed by atoms with Gasteiger partial charge in [-0.3, -0.25) is 4.79 Å². The van der Waals surface area contributed by atoms with Crippen molar-refractivity contribution >= 4 is 5.91 Å². The molecule has 0 aliphatic carbocycles. The van der Waals surface area contributed by atoms with E-state index in [0.29, 0.717) is 11.8 Å². The number of unbranched alkanes of at least 4 members (excludes halogenated alkanes) is 3. The van der Waals surface area contributed by atoms with Gasteiger partial charge < -0.3 is 4.90 Å². The van der Waals surface area contributed by atoms with E-state index < -0.39 is 0 Å². The lowest BCUT2D eigenvalue weighted by Crippen LogP contribution is -2.29. The van der Waals surface area contributed by atoms with Crippen molar-refractivity contribution in [1.82, 2.24) is 4.90 Å². The van der Waals surface area contributed by atoms with E-state index in [-0.39, 0.29) is 0 Å². The zero-order valence-corrected chi connectivity index (χ0v) is 12.5. The molecule has 0 aromatic rings. The van der Waals surface area contributed by atoms with E-state index in [4.69, 9.17) is 0 Å². The fourth-order valence-electron chi connectivity index (χ4n) is 2.02. The zero-order chi connectivity index (χ0) is 13.3. The molecule has 2 heteroatoms. The zero-order valence-electron chi connectivity index (χ0n) is 12.5. The third-order valence-corrected chi connectivity index (χ3v) is 2.99. The van der Waals surface area contributed by atoms with Crippen molar-refractivity contribution in [1.29, 1.82) is 0 Å². The summed E-state index contributed by atoms with van der Waals surface area (Å²) in [5, 5.41) is 0. The van der Waals surface area contributed by atoms with Crippen LogP contribution in [0.3, 0.4) is 0 Å².